The van der Waals surface area contributed by atoms with Crippen LogP contribution < -0.4 is 4.74 Å². The predicted molar refractivity (Wildman–Crippen MR) is 88.9 cm³/mol. The Morgan fingerprint density at radius 3 is 2.33 bits per heavy atom. The molecule has 0 unspecified atom stereocenters. The fourth-order valence-electron chi connectivity index (χ4n) is 2.08. The SMILES string of the molecule is COCCOc1ccc(S(=O)(=O)N(C)Cc2ccccc2F)cc1. The van der Waals surface area contributed by atoms with Gasteiger partial charge >= 0.3 is 0 Å². The Bertz CT molecular complexity index is 762. The average Bonchev–Trinajstić information content (AvgIpc) is 2.57. The molecule has 0 aliphatic rings. The molecule has 0 fully saturated rings. The van der Waals surface area contributed by atoms with Crippen LogP contribution in [-0.2, 0) is 21.3 Å². The molecule has 0 saturated carbocycles. The summed E-state index contributed by atoms with van der Waals surface area (Å²) in [4.78, 5) is 0.125. The van der Waals surface area contributed by atoms with Crippen LogP contribution in [-0.4, -0.2) is 40.1 Å². The molecule has 0 radical (unpaired) electrons. The molecular formula is C17H20FNO4S. The number of benzene rings is 2. The van der Waals surface area contributed by atoms with Crippen LogP contribution in [0.15, 0.2) is 53.4 Å². The zero-order valence-electron chi connectivity index (χ0n) is 13.6. The Balaban J connectivity index is 2.10. The van der Waals surface area contributed by atoms with E-state index in [0.29, 0.717) is 24.5 Å². The number of hydrogen-bond donors (Lipinski definition) is 0. The summed E-state index contributed by atoms with van der Waals surface area (Å²) < 4.78 is 50.2. The molecule has 7 heteroatoms. The highest BCUT2D eigenvalue weighted by molar-refractivity contribution is 7.89. The van der Waals surface area contributed by atoms with Gasteiger partial charge in [0, 0.05) is 26.3 Å². The lowest BCUT2D eigenvalue weighted by Crippen LogP contribution is -2.26. The molecule has 0 aliphatic heterocycles. The van der Waals surface area contributed by atoms with Crippen LogP contribution in [0.4, 0.5) is 4.39 Å². The number of nitrogens with zero attached hydrogens (tertiary/aromatic N) is 1. The molecule has 0 saturated heterocycles. The van der Waals surface area contributed by atoms with Gasteiger partial charge in [-0.25, -0.2) is 12.8 Å². The summed E-state index contributed by atoms with van der Waals surface area (Å²) in [5.41, 5.74) is 0.322. The summed E-state index contributed by atoms with van der Waals surface area (Å²) in [6.07, 6.45) is 0. The van der Waals surface area contributed by atoms with E-state index in [1.54, 1.807) is 37.4 Å². The van der Waals surface area contributed by atoms with Gasteiger partial charge in [-0.3, -0.25) is 0 Å². The molecule has 24 heavy (non-hydrogen) atoms. The van der Waals surface area contributed by atoms with Gasteiger partial charge < -0.3 is 9.47 Å². The predicted octanol–water partition coefficient (Wildman–Crippen LogP) is 2.67. The number of methoxy groups -OCH3 is 1. The zero-order valence-corrected chi connectivity index (χ0v) is 14.4. The second-order valence-corrected chi connectivity index (χ2v) is 7.21. The molecule has 2 aromatic carbocycles. The first-order valence-electron chi connectivity index (χ1n) is 7.36. The molecular weight excluding hydrogens is 333 g/mol. The normalized spacial score (nSPS) is 11.7. The minimum absolute atomic E-state index is 0.0406. The monoisotopic (exact) mass is 353 g/mol. The molecule has 2 aromatic rings. The molecule has 0 aliphatic carbocycles. The minimum Gasteiger partial charge on any atom is -0.491 e. The molecule has 0 N–H and O–H groups in total. The smallest absolute Gasteiger partial charge is 0.243 e. The van der Waals surface area contributed by atoms with Crippen LogP contribution in [0.1, 0.15) is 5.56 Å². The standard InChI is InChI=1S/C17H20FNO4S/c1-19(13-14-5-3-4-6-17(14)18)24(20,21)16-9-7-15(8-10-16)23-12-11-22-2/h3-10H,11-13H2,1-2H3. The van der Waals surface area contributed by atoms with E-state index in [0.717, 1.165) is 4.31 Å². The minimum atomic E-state index is -3.71. The summed E-state index contributed by atoms with van der Waals surface area (Å²) in [6, 6.07) is 12.2. The van der Waals surface area contributed by atoms with Gasteiger partial charge in [-0.2, -0.15) is 4.31 Å². The lowest BCUT2D eigenvalue weighted by Gasteiger charge is -2.18. The second kappa shape index (κ2) is 8.23. The van der Waals surface area contributed by atoms with Crippen molar-refractivity contribution in [2.75, 3.05) is 27.4 Å². The average molecular weight is 353 g/mol. The first-order chi connectivity index (χ1) is 11.4. The number of sulfonamides is 1. The molecule has 0 bridgehead atoms. The molecule has 0 atom stereocenters. The summed E-state index contributed by atoms with van der Waals surface area (Å²) >= 11 is 0. The first-order valence-corrected chi connectivity index (χ1v) is 8.80. The van der Waals surface area contributed by atoms with Crippen molar-refractivity contribution in [2.24, 2.45) is 0 Å². The van der Waals surface area contributed by atoms with E-state index in [2.05, 4.69) is 0 Å². The quantitative estimate of drug-likeness (QED) is 0.685. The van der Waals surface area contributed by atoms with Gasteiger partial charge in [-0.05, 0) is 30.3 Å². The largest absolute Gasteiger partial charge is 0.491 e. The Labute approximate surface area is 141 Å². The van der Waals surface area contributed by atoms with E-state index in [-0.39, 0.29) is 11.4 Å². The van der Waals surface area contributed by atoms with Gasteiger partial charge in [-0.1, -0.05) is 18.2 Å². The Morgan fingerprint density at radius 2 is 1.71 bits per heavy atom. The summed E-state index contributed by atoms with van der Waals surface area (Å²) in [7, 11) is -0.714. The van der Waals surface area contributed by atoms with Gasteiger partial charge in [0.1, 0.15) is 18.2 Å². The number of halogens is 1. The summed E-state index contributed by atoms with van der Waals surface area (Å²) in [5, 5.41) is 0. The third-order valence-corrected chi connectivity index (χ3v) is 5.26. The van der Waals surface area contributed by atoms with E-state index in [4.69, 9.17) is 9.47 Å². The maximum atomic E-state index is 13.7. The molecule has 5 nitrogen and oxygen atoms in total. The van der Waals surface area contributed by atoms with Gasteiger partial charge in [0.05, 0.1) is 11.5 Å². The highest BCUT2D eigenvalue weighted by Crippen LogP contribution is 2.21. The molecule has 0 heterocycles. The Hall–Kier alpha value is -1.96. The van der Waals surface area contributed by atoms with Crippen LogP contribution >= 0.6 is 0 Å². The van der Waals surface area contributed by atoms with Crippen molar-refractivity contribution in [2.45, 2.75) is 11.4 Å². The van der Waals surface area contributed by atoms with Gasteiger partial charge in [0.15, 0.2) is 0 Å². The lowest BCUT2D eigenvalue weighted by molar-refractivity contribution is 0.146. The van der Waals surface area contributed by atoms with Crippen LogP contribution in [0.5, 0.6) is 5.75 Å². The molecule has 0 spiro atoms. The number of ether oxygens (including phenoxy) is 2. The highest BCUT2D eigenvalue weighted by atomic mass is 32.2. The Kier molecular flexibility index (Phi) is 6.30. The van der Waals surface area contributed by atoms with Crippen molar-refractivity contribution in [3.05, 3.63) is 59.9 Å². The van der Waals surface area contributed by atoms with Crippen molar-refractivity contribution in [3.63, 3.8) is 0 Å². The topological polar surface area (TPSA) is 55.8 Å². The zero-order chi connectivity index (χ0) is 17.6. The summed E-state index contributed by atoms with van der Waals surface area (Å²) in [6.45, 7) is 0.794. The number of rotatable bonds is 8. The first kappa shape index (κ1) is 18.4. The van der Waals surface area contributed by atoms with Crippen molar-refractivity contribution in [1.29, 1.82) is 0 Å². The fourth-order valence-corrected chi connectivity index (χ4v) is 3.23. The maximum Gasteiger partial charge on any atom is 0.243 e. The second-order valence-electron chi connectivity index (χ2n) is 5.17. The fraction of sp³-hybridized carbons (Fsp3) is 0.294. The van der Waals surface area contributed by atoms with Crippen LogP contribution in [0, 0.1) is 5.82 Å². The van der Waals surface area contributed by atoms with Crippen LogP contribution in [0.25, 0.3) is 0 Å². The van der Waals surface area contributed by atoms with E-state index < -0.39 is 15.8 Å². The van der Waals surface area contributed by atoms with E-state index in [9.17, 15) is 12.8 Å². The Morgan fingerprint density at radius 1 is 1.04 bits per heavy atom. The molecule has 130 valence electrons. The molecule has 0 aromatic heterocycles. The van der Waals surface area contributed by atoms with Crippen LogP contribution in [0.2, 0.25) is 0 Å². The number of hydrogen-bond acceptors (Lipinski definition) is 4. The van der Waals surface area contributed by atoms with Crippen LogP contribution in [0.3, 0.4) is 0 Å². The third kappa shape index (κ3) is 4.53. The van der Waals surface area contributed by atoms with Crippen molar-refractivity contribution >= 4 is 10.0 Å². The highest BCUT2D eigenvalue weighted by Gasteiger charge is 2.21. The van der Waals surface area contributed by atoms with Gasteiger partial charge in [0.2, 0.25) is 10.0 Å². The van der Waals surface area contributed by atoms with Crippen molar-refractivity contribution in [3.8, 4) is 5.75 Å². The van der Waals surface area contributed by atoms with Gasteiger partial charge in [0.25, 0.3) is 0 Å². The van der Waals surface area contributed by atoms with Crippen molar-refractivity contribution < 1.29 is 22.3 Å². The van der Waals surface area contributed by atoms with Crippen molar-refractivity contribution in [1.82, 2.24) is 4.31 Å². The van der Waals surface area contributed by atoms with Gasteiger partial charge in [-0.15, -0.1) is 0 Å². The summed E-state index contributed by atoms with van der Waals surface area (Å²) in [5.74, 6) is 0.129. The molecule has 0 amide bonds. The van der Waals surface area contributed by atoms with E-state index >= 15 is 0 Å². The van der Waals surface area contributed by atoms with E-state index in [1.807, 2.05) is 0 Å². The maximum absolute atomic E-state index is 13.7. The lowest BCUT2D eigenvalue weighted by atomic mass is 10.2. The third-order valence-electron chi connectivity index (χ3n) is 3.44. The van der Waals surface area contributed by atoms with E-state index in [1.165, 1.54) is 25.2 Å². The molecule has 2 rings (SSSR count).